The van der Waals surface area contributed by atoms with Crippen molar-refractivity contribution in [3.05, 3.63) is 29.2 Å². The summed E-state index contributed by atoms with van der Waals surface area (Å²) in [4.78, 5) is 0. The quantitative estimate of drug-likeness (QED) is 0.702. The van der Waals surface area contributed by atoms with E-state index in [1.165, 1.54) is 0 Å². The Hall–Kier alpha value is -1.69. The monoisotopic (exact) mass is 176 g/mol. The molecule has 1 aromatic heterocycles. The smallest absolute Gasteiger partial charge is 0.150 e. The maximum Gasteiger partial charge on any atom is 0.150 e. The predicted octanol–water partition coefficient (Wildman–Crippen LogP) is 2.19. The van der Waals surface area contributed by atoms with Crippen molar-refractivity contribution >= 4 is 5.70 Å². The molecule has 13 heavy (non-hydrogen) atoms. The van der Waals surface area contributed by atoms with Gasteiger partial charge in [-0.2, -0.15) is 5.26 Å². The van der Waals surface area contributed by atoms with E-state index in [1.807, 2.05) is 19.9 Å². The zero-order chi connectivity index (χ0) is 9.84. The molecule has 0 unspecified atom stereocenters. The summed E-state index contributed by atoms with van der Waals surface area (Å²) in [5.41, 5.74) is 6.74. The lowest BCUT2D eigenvalue weighted by Gasteiger charge is -1.98. The van der Waals surface area contributed by atoms with Crippen molar-refractivity contribution in [3.63, 3.8) is 0 Å². The van der Waals surface area contributed by atoms with E-state index >= 15 is 0 Å². The first-order valence-corrected chi connectivity index (χ1v) is 4.14. The van der Waals surface area contributed by atoms with E-state index in [1.54, 1.807) is 6.07 Å². The summed E-state index contributed by atoms with van der Waals surface area (Å²) in [6.45, 7) is 3.73. The molecule has 2 N–H and O–H groups in total. The molecule has 0 fully saturated rings. The molecule has 0 bridgehead atoms. The van der Waals surface area contributed by atoms with Gasteiger partial charge < -0.3 is 10.2 Å². The molecule has 3 nitrogen and oxygen atoms in total. The highest BCUT2D eigenvalue weighted by Gasteiger charge is 2.06. The van der Waals surface area contributed by atoms with Crippen molar-refractivity contribution in [2.24, 2.45) is 5.73 Å². The Balaban J connectivity index is 3.09. The first-order chi connectivity index (χ1) is 6.19. The van der Waals surface area contributed by atoms with Gasteiger partial charge in [-0.15, -0.1) is 0 Å². The molecule has 1 rings (SSSR count). The summed E-state index contributed by atoms with van der Waals surface area (Å²) in [6, 6.07) is 5.66. The average molecular weight is 176 g/mol. The molecule has 0 saturated heterocycles. The van der Waals surface area contributed by atoms with Gasteiger partial charge in [-0.05, 0) is 25.5 Å². The fourth-order valence-corrected chi connectivity index (χ4v) is 1.06. The summed E-state index contributed by atoms with van der Waals surface area (Å²) in [5.74, 6) is 1.38. The normalized spacial score (nSPS) is 12.1. The lowest BCUT2D eigenvalue weighted by atomic mass is 10.1. The van der Waals surface area contributed by atoms with Crippen LogP contribution in [0.4, 0.5) is 0 Å². The second-order valence-electron chi connectivity index (χ2n) is 2.77. The van der Waals surface area contributed by atoms with Crippen molar-refractivity contribution in [1.82, 2.24) is 0 Å². The molecular formula is C10H12N2O. The van der Waals surface area contributed by atoms with Crippen molar-refractivity contribution in [2.45, 2.75) is 20.3 Å². The Labute approximate surface area is 77.5 Å². The molecule has 0 radical (unpaired) electrons. The highest BCUT2D eigenvalue weighted by atomic mass is 16.3. The molecule has 0 aliphatic heterocycles. The Morgan fingerprint density at radius 1 is 1.62 bits per heavy atom. The van der Waals surface area contributed by atoms with Crippen molar-refractivity contribution in [1.29, 1.82) is 5.26 Å². The van der Waals surface area contributed by atoms with Crippen LogP contribution < -0.4 is 5.73 Å². The van der Waals surface area contributed by atoms with Crippen molar-refractivity contribution < 1.29 is 4.42 Å². The number of rotatable bonds is 2. The van der Waals surface area contributed by atoms with E-state index in [2.05, 4.69) is 6.07 Å². The molecule has 0 atom stereocenters. The van der Waals surface area contributed by atoms with Gasteiger partial charge in [-0.25, -0.2) is 0 Å². The number of nitriles is 1. The van der Waals surface area contributed by atoms with Gasteiger partial charge in [0.05, 0.1) is 17.3 Å². The third-order valence-corrected chi connectivity index (χ3v) is 1.82. The van der Waals surface area contributed by atoms with Gasteiger partial charge in [0.15, 0.2) is 5.76 Å². The van der Waals surface area contributed by atoms with Crippen LogP contribution in [0.5, 0.6) is 0 Å². The van der Waals surface area contributed by atoms with Crippen LogP contribution in [0.3, 0.4) is 0 Å². The SMILES string of the molecule is CC/C(C#N)=C(/N)c1ccc(C)o1. The van der Waals surface area contributed by atoms with Crippen molar-refractivity contribution in [2.75, 3.05) is 0 Å². The highest BCUT2D eigenvalue weighted by Crippen LogP contribution is 2.17. The third-order valence-electron chi connectivity index (χ3n) is 1.82. The van der Waals surface area contributed by atoms with Crippen LogP contribution in [0.15, 0.2) is 22.1 Å². The molecule has 0 aliphatic rings. The van der Waals surface area contributed by atoms with E-state index in [0.717, 1.165) is 5.76 Å². The van der Waals surface area contributed by atoms with Gasteiger partial charge in [-0.1, -0.05) is 6.92 Å². The van der Waals surface area contributed by atoms with Crippen LogP contribution in [-0.2, 0) is 0 Å². The van der Waals surface area contributed by atoms with Gasteiger partial charge in [0.2, 0.25) is 0 Å². The maximum atomic E-state index is 8.74. The summed E-state index contributed by atoms with van der Waals surface area (Å²) >= 11 is 0. The zero-order valence-electron chi connectivity index (χ0n) is 7.79. The zero-order valence-corrected chi connectivity index (χ0v) is 7.79. The number of nitrogens with zero attached hydrogens (tertiary/aromatic N) is 1. The van der Waals surface area contributed by atoms with Crippen molar-refractivity contribution in [3.8, 4) is 6.07 Å². The van der Waals surface area contributed by atoms with Crippen LogP contribution in [0.2, 0.25) is 0 Å². The molecule has 0 saturated carbocycles. The summed E-state index contributed by atoms with van der Waals surface area (Å²) in [6.07, 6.45) is 0.627. The highest BCUT2D eigenvalue weighted by molar-refractivity contribution is 5.65. The number of nitrogens with two attached hydrogens (primary N) is 1. The summed E-state index contributed by atoms with van der Waals surface area (Å²) in [7, 11) is 0. The Bertz CT molecular complexity index is 369. The van der Waals surface area contributed by atoms with Gasteiger partial charge in [0.25, 0.3) is 0 Å². The van der Waals surface area contributed by atoms with Gasteiger partial charge in [-0.3, -0.25) is 0 Å². The van der Waals surface area contributed by atoms with E-state index in [0.29, 0.717) is 23.5 Å². The molecular weight excluding hydrogens is 164 g/mol. The number of aryl methyl sites for hydroxylation is 1. The van der Waals surface area contributed by atoms with Crippen LogP contribution >= 0.6 is 0 Å². The van der Waals surface area contributed by atoms with Crippen LogP contribution in [-0.4, -0.2) is 0 Å². The molecule has 0 aromatic carbocycles. The Morgan fingerprint density at radius 2 is 2.31 bits per heavy atom. The van der Waals surface area contributed by atoms with Gasteiger partial charge in [0.1, 0.15) is 5.76 Å². The average Bonchev–Trinajstić information content (AvgIpc) is 2.54. The predicted molar refractivity (Wildman–Crippen MR) is 50.5 cm³/mol. The van der Waals surface area contributed by atoms with Crippen LogP contribution in [0.1, 0.15) is 24.9 Å². The first kappa shape index (κ1) is 9.40. The molecule has 0 spiro atoms. The largest absolute Gasteiger partial charge is 0.460 e. The van der Waals surface area contributed by atoms with Gasteiger partial charge >= 0.3 is 0 Å². The fourth-order valence-electron chi connectivity index (χ4n) is 1.06. The van der Waals surface area contributed by atoms with E-state index < -0.39 is 0 Å². The first-order valence-electron chi connectivity index (χ1n) is 4.14. The van der Waals surface area contributed by atoms with Crippen LogP contribution in [0, 0.1) is 18.3 Å². The summed E-state index contributed by atoms with van der Waals surface area (Å²) in [5, 5.41) is 8.74. The maximum absolute atomic E-state index is 8.74. The molecule has 68 valence electrons. The second-order valence-corrected chi connectivity index (χ2v) is 2.77. The molecule has 0 amide bonds. The molecule has 1 heterocycles. The molecule has 3 heteroatoms. The van der Waals surface area contributed by atoms with Crippen LogP contribution in [0.25, 0.3) is 5.70 Å². The number of allylic oxidation sites excluding steroid dienone is 1. The Morgan fingerprint density at radius 3 is 2.69 bits per heavy atom. The molecule has 1 aromatic rings. The number of furan rings is 1. The lowest BCUT2D eigenvalue weighted by molar-refractivity contribution is 0.520. The van der Waals surface area contributed by atoms with E-state index in [9.17, 15) is 0 Å². The minimum Gasteiger partial charge on any atom is -0.460 e. The number of hydrogen-bond acceptors (Lipinski definition) is 3. The molecule has 0 aliphatic carbocycles. The standard InChI is InChI=1S/C10H12N2O/c1-3-8(6-11)10(12)9-5-4-7(2)13-9/h4-5H,3,12H2,1-2H3/b10-8-. The Kier molecular flexibility index (Phi) is 2.76. The number of hydrogen-bond donors (Lipinski definition) is 1. The lowest BCUT2D eigenvalue weighted by Crippen LogP contribution is -1.98. The third kappa shape index (κ3) is 1.91. The van der Waals surface area contributed by atoms with Gasteiger partial charge in [0, 0.05) is 0 Å². The van der Waals surface area contributed by atoms with E-state index in [-0.39, 0.29) is 0 Å². The second kappa shape index (κ2) is 3.81. The minimum atomic E-state index is 0.443. The minimum absolute atomic E-state index is 0.443. The fraction of sp³-hybridized carbons (Fsp3) is 0.300. The summed E-state index contributed by atoms with van der Waals surface area (Å²) < 4.78 is 5.30. The van der Waals surface area contributed by atoms with E-state index in [4.69, 9.17) is 15.4 Å². The topological polar surface area (TPSA) is 63.0 Å².